The molecule has 1 atom stereocenters. The number of amides is 1. The number of hydrogen-bond acceptors (Lipinski definition) is 6. The van der Waals surface area contributed by atoms with Crippen molar-refractivity contribution in [3.63, 3.8) is 0 Å². The number of methoxy groups -OCH3 is 2. The molecule has 3 N–H and O–H groups in total. The second kappa shape index (κ2) is 7.40. The van der Waals surface area contributed by atoms with Gasteiger partial charge in [-0.3, -0.25) is 9.52 Å². The van der Waals surface area contributed by atoms with Crippen LogP contribution in [0.4, 0.5) is 5.00 Å². The Hall–Kier alpha value is -2.26. The summed E-state index contributed by atoms with van der Waals surface area (Å²) in [6, 6.07) is 4.50. The third kappa shape index (κ3) is 3.74. The molecule has 1 heterocycles. The van der Waals surface area contributed by atoms with Gasteiger partial charge >= 0.3 is 0 Å². The zero-order chi connectivity index (χ0) is 19.8. The second-order valence-corrected chi connectivity index (χ2v) is 9.30. The lowest BCUT2D eigenvalue weighted by molar-refractivity contribution is 0.100. The van der Waals surface area contributed by atoms with Crippen LogP contribution in [0.15, 0.2) is 23.1 Å². The third-order valence-electron chi connectivity index (χ3n) is 4.65. The molecule has 9 heteroatoms. The van der Waals surface area contributed by atoms with Gasteiger partial charge in [0.1, 0.15) is 21.4 Å². The molecule has 0 unspecified atom stereocenters. The topological polar surface area (TPSA) is 108 Å². The first-order valence-electron chi connectivity index (χ1n) is 8.46. The summed E-state index contributed by atoms with van der Waals surface area (Å²) in [5.74, 6) is 0.418. The summed E-state index contributed by atoms with van der Waals surface area (Å²) >= 11 is 1.28. The summed E-state index contributed by atoms with van der Waals surface area (Å²) in [7, 11) is -1.17. The van der Waals surface area contributed by atoms with E-state index in [-0.39, 0.29) is 21.2 Å². The molecule has 0 bridgehead atoms. The molecule has 1 aliphatic carbocycles. The number of benzene rings is 1. The van der Waals surface area contributed by atoms with Gasteiger partial charge in [0.25, 0.3) is 15.9 Å². The molecule has 146 valence electrons. The highest BCUT2D eigenvalue weighted by molar-refractivity contribution is 7.93. The predicted molar refractivity (Wildman–Crippen MR) is 104 cm³/mol. The minimum atomic E-state index is -4.01. The van der Waals surface area contributed by atoms with Crippen LogP contribution in [0.2, 0.25) is 0 Å². The molecular formula is C18H22N2O5S2. The van der Waals surface area contributed by atoms with Crippen molar-refractivity contribution >= 4 is 32.3 Å². The molecule has 0 spiro atoms. The third-order valence-corrected chi connectivity index (χ3v) is 7.32. The normalized spacial score (nSPS) is 16.5. The number of sulfonamides is 1. The van der Waals surface area contributed by atoms with Gasteiger partial charge in [-0.2, -0.15) is 0 Å². The number of carbonyl (C=O) groups is 1. The maximum atomic E-state index is 13.0. The van der Waals surface area contributed by atoms with Crippen LogP contribution < -0.4 is 19.9 Å². The maximum Gasteiger partial charge on any atom is 0.266 e. The molecule has 1 aliphatic rings. The van der Waals surface area contributed by atoms with Crippen LogP contribution in [0.1, 0.15) is 34.1 Å². The fourth-order valence-electron chi connectivity index (χ4n) is 3.25. The van der Waals surface area contributed by atoms with Crippen molar-refractivity contribution in [1.82, 2.24) is 0 Å². The number of fused-ring (bicyclic) bond motifs is 1. The van der Waals surface area contributed by atoms with E-state index in [0.717, 1.165) is 29.7 Å². The van der Waals surface area contributed by atoms with Crippen LogP contribution in [0, 0.1) is 5.92 Å². The van der Waals surface area contributed by atoms with Crippen molar-refractivity contribution in [2.45, 2.75) is 31.1 Å². The monoisotopic (exact) mass is 410 g/mol. The Labute approximate surface area is 162 Å². The Morgan fingerprint density at radius 2 is 2.04 bits per heavy atom. The van der Waals surface area contributed by atoms with Gasteiger partial charge in [-0.05, 0) is 42.9 Å². The van der Waals surface area contributed by atoms with E-state index < -0.39 is 15.9 Å². The van der Waals surface area contributed by atoms with Crippen LogP contribution in [0.3, 0.4) is 0 Å². The number of nitrogens with two attached hydrogens (primary N) is 1. The summed E-state index contributed by atoms with van der Waals surface area (Å²) in [6.07, 6.45) is 2.47. The van der Waals surface area contributed by atoms with Gasteiger partial charge in [-0.25, -0.2) is 8.42 Å². The van der Waals surface area contributed by atoms with Crippen molar-refractivity contribution in [3.05, 3.63) is 34.2 Å². The quantitative estimate of drug-likeness (QED) is 0.761. The highest BCUT2D eigenvalue weighted by Gasteiger charge is 2.30. The van der Waals surface area contributed by atoms with E-state index in [9.17, 15) is 13.2 Å². The zero-order valence-corrected chi connectivity index (χ0v) is 17.0. The molecule has 27 heavy (non-hydrogen) atoms. The van der Waals surface area contributed by atoms with E-state index in [1.807, 2.05) is 0 Å². The van der Waals surface area contributed by atoms with Gasteiger partial charge in [0, 0.05) is 10.9 Å². The number of nitrogens with one attached hydrogen (secondary N) is 1. The van der Waals surface area contributed by atoms with Crippen LogP contribution in [0.5, 0.6) is 11.5 Å². The summed E-state index contributed by atoms with van der Waals surface area (Å²) < 4.78 is 38.9. The number of hydrogen-bond donors (Lipinski definition) is 2. The lowest BCUT2D eigenvalue weighted by Gasteiger charge is -2.18. The van der Waals surface area contributed by atoms with Crippen molar-refractivity contribution < 1.29 is 22.7 Å². The Bertz CT molecular complexity index is 982. The SMILES string of the molecule is COc1ccc(OC)c(S(=O)(=O)Nc2sc3c(c2C(N)=O)CC[C@H](C)C3)c1. The summed E-state index contributed by atoms with van der Waals surface area (Å²) in [6.45, 7) is 2.14. The first kappa shape index (κ1) is 19.5. The lowest BCUT2D eigenvalue weighted by atomic mass is 9.88. The largest absolute Gasteiger partial charge is 0.497 e. The molecule has 0 radical (unpaired) electrons. The molecule has 0 saturated carbocycles. The Morgan fingerprint density at radius 1 is 1.30 bits per heavy atom. The molecule has 1 aromatic heterocycles. The molecule has 3 rings (SSSR count). The molecule has 0 fully saturated rings. The Morgan fingerprint density at radius 3 is 2.67 bits per heavy atom. The van der Waals surface area contributed by atoms with Gasteiger partial charge in [-0.15, -0.1) is 11.3 Å². The average molecular weight is 411 g/mol. The van der Waals surface area contributed by atoms with Gasteiger partial charge in [0.15, 0.2) is 0 Å². The average Bonchev–Trinajstić information content (AvgIpc) is 2.97. The molecular weight excluding hydrogens is 388 g/mol. The summed E-state index contributed by atoms with van der Waals surface area (Å²) in [4.78, 5) is 13.0. The van der Waals surface area contributed by atoms with Gasteiger partial charge in [-0.1, -0.05) is 6.92 Å². The van der Waals surface area contributed by atoms with Crippen molar-refractivity contribution in [2.24, 2.45) is 11.7 Å². The standard InChI is InChI=1S/C18H22N2O5S2/c1-10-4-6-12-14(8-10)26-18(16(12)17(19)21)20-27(22,23)15-9-11(24-2)5-7-13(15)25-3/h5,7,9-10,20H,4,6,8H2,1-3H3,(H2,19,21)/t10-/m0/s1. The first-order chi connectivity index (χ1) is 12.8. The lowest BCUT2D eigenvalue weighted by Crippen LogP contribution is -2.20. The van der Waals surface area contributed by atoms with Crippen LogP contribution in [-0.2, 0) is 22.9 Å². The number of thiophene rings is 1. The van der Waals surface area contributed by atoms with E-state index in [0.29, 0.717) is 11.7 Å². The Kier molecular flexibility index (Phi) is 5.34. The zero-order valence-electron chi connectivity index (χ0n) is 15.4. The predicted octanol–water partition coefficient (Wildman–Crippen LogP) is 2.79. The molecule has 1 amide bonds. The minimum Gasteiger partial charge on any atom is -0.497 e. The van der Waals surface area contributed by atoms with E-state index in [4.69, 9.17) is 15.2 Å². The highest BCUT2D eigenvalue weighted by Crippen LogP contribution is 2.41. The van der Waals surface area contributed by atoms with Gasteiger partial charge < -0.3 is 15.2 Å². The van der Waals surface area contributed by atoms with Crippen LogP contribution in [-0.4, -0.2) is 28.5 Å². The molecule has 1 aromatic carbocycles. The van der Waals surface area contributed by atoms with Crippen molar-refractivity contribution in [3.8, 4) is 11.5 Å². The summed E-state index contributed by atoms with van der Waals surface area (Å²) in [5, 5.41) is 0.256. The van der Waals surface area contributed by atoms with E-state index in [2.05, 4.69) is 11.6 Å². The number of rotatable bonds is 6. The van der Waals surface area contributed by atoms with Crippen LogP contribution in [0.25, 0.3) is 0 Å². The van der Waals surface area contributed by atoms with Crippen molar-refractivity contribution in [1.29, 1.82) is 0 Å². The summed E-state index contributed by atoms with van der Waals surface area (Å²) in [5.41, 5.74) is 6.70. The van der Waals surface area contributed by atoms with Crippen molar-refractivity contribution in [2.75, 3.05) is 18.9 Å². The minimum absolute atomic E-state index is 0.0699. The molecule has 7 nitrogen and oxygen atoms in total. The maximum absolute atomic E-state index is 13.0. The first-order valence-corrected chi connectivity index (χ1v) is 10.8. The number of carbonyl (C=O) groups excluding carboxylic acids is 1. The molecule has 2 aromatic rings. The number of primary amides is 1. The van der Waals surface area contributed by atoms with Gasteiger partial charge in [0.2, 0.25) is 0 Å². The number of ether oxygens (including phenoxy) is 2. The second-order valence-electron chi connectivity index (χ2n) is 6.54. The molecule has 0 aliphatic heterocycles. The molecule has 0 saturated heterocycles. The fourth-order valence-corrected chi connectivity index (χ4v) is 6.16. The number of anilines is 1. The van der Waals surface area contributed by atoms with E-state index in [1.165, 1.54) is 37.7 Å². The van der Waals surface area contributed by atoms with Crippen LogP contribution >= 0.6 is 11.3 Å². The van der Waals surface area contributed by atoms with E-state index >= 15 is 0 Å². The fraction of sp³-hybridized carbons (Fsp3) is 0.389. The Balaban J connectivity index is 2.06. The highest BCUT2D eigenvalue weighted by atomic mass is 32.2. The smallest absolute Gasteiger partial charge is 0.266 e. The van der Waals surface area contributed by atoms with Gasteiger partial charge in [0.05, 0.1) is 19.8 Å². The van der Waals surface area contributed by atoms with E-state index in [1.54, 1.807) is 6.07 Å².